The summed E-state index contributed by atoms with van der Waals surface area (Å²) >= 11 is 3.35. The molecule has 2 N–H and O–H groups in total. The Morgan fingerprint density at radius 3 is 2.04 bits per heavy atom. The smallest absolute Gasteiger partial charge is 0.239 e. The van der Waals surface area contributed by atoms with E-state index < -0.39 is 11.3 Å². The Morgan fingerprint density at radius 2 is 1.50 bits per heavy atom. The Morgan fingerprint density at radius 1 is 0.958 bits per heavy atom. The van der Waals surface area contributed by atoms with E-state index in [4.69, 9.17) is 4.74 Å². The largest absolute Gasteiger partial charge is 0.497 e. The number of benzene rings is 2. The third kappa shape index (κ3) is 4.35. The maximum Gasteiger partial charge on any atom is 0.239 e. The minimum absolute atomic E-state index is 0.388. The lowest BCUT2D eigenvalue weighted by atomic mass is 9.90. The van der Waals surface area contributed by atoms with Crippen LogP contribution in [0.1, 0.15) is 13.8 Å². The lowest BCUT2D eigenvalue weighted by Gasteiger charge is -2.23. The first-order valence-electron chi connectivity index (χ1n) is 7.35. The lowest BCUT2D eigenvalue weighted by molar-refractivity contribution is -0.135. The number of nitrogens with one attached hydrogen (secondary N) is 2. The second-order valence-electron chi connectivity index (χ2n) is 5.78. The van der Waals surface area contributed by atoms with Crippen LogP contribution < -0.4 is 15.4 Å². The topological polar surface area (TPSA) is 67.4 Å². The molecule has 0 fully saturated rings. The summed E-state index contributed by atoms with van der Waals surface area (Å²) < 4.78 is 5.97. The molecule has 0 heterocycles. The number of hydrogen-bond donors (Lipinski definition) is 2. The molecule has 0 aromatic heterocycles. The molecule has 0 aliphatic rings. The number of halogens is 1. The van der Waals surface area contributed by atoms with Gasteiger partial charge in [0.25, 0.3) is 0 Å². The van der Waals surface area contributed by atoms with Crippen LogP contribution in [0.5, 0.6) is 5.75 Å². The lowest BCUT2D eigenvalue weighted by Crippen LogP contribution is -2.41. The van der Waals surface area contributed by atoms with E-state index >= 15 is 0 Å². The summed E-state index contributed by atoms with van der Waals surface area (Å²) in [5, 5.41) is 5.50. The molecule has 2 rings (SSSR count). The molecule has 0 bridgehead atoms. The van der Waals surface area contributed by atoms with E-state index in [9.17, 15) is 9.59 Å². The molecular formula is C18H19BrN2O3. The van der Waals surface area contributed by atoms with Gasteiger partial charge in [-0.05, 0) is 44.2 Å². The first kappa shape index (κ1) is 18.0. The van der Waals surface area contributed by atoms with E-state index in [1.54, 1.807) is 57.4 Å². The van der Waals surface area contributed by atoms with E-state index in [1.807, 2.05) is 12.1 Å². The predicted molar refractivity (Wildman–Crippen MR) is 98.2 cm³/mol. The van der Waals surface area contributed by atoms with Gasteiger partial charge in [-0.1, -0.05) is 28.1 Å². The van der Waals surface area contributed by atoms with Crippen molar-refractivity contribution < 1.29 is 14.3 Å². The van der Waals surface area contributed by atoms with Crippen molar-refractivity contribution in [2.24, 2.45) is 5.41 Å². The van der Waals surface area contributed by atoms with Crippen LogP contribution in [0.2, 0.25) is 0 Å². The van der Waals surface area contributed by atoms with E-state index in [0.717, 1.165) is 4.47 Å². The number of amides is 2. The fourth-order valence-electron chi connectivity index (χ4n) is 1.94. The number of hydrogen-bond acceptors (Lipinski definition) is 3. The molecular weight excluding hydrogens is 372 g/mol. The molecule has 0 aliphatic heterocycles. The van der Waals surface area contributed by atoms with Gasteiger partial charge in [0.1, 0.15) is 11.2 Å². The van der Waals surface area contributed by atoms with Gasteiger partial charge < -0.3 is 15.4 Å². The van der Waals surface area contributed by atoms with Gasteiger partial charge in [-0.3, -0.25) is 9.59 Å². The van der Waals surface area contributed by atoms with Crippen molar-refractivity contribution in [3.8, 4) is 5.75 Å². The molecule has 2 aromatic rings. The summed E-state index contributed by atoms with van der Waals surface area (Å²) in [6, 6.07) is 14.2. The fraction of sp³-hybridized carbons (Fsp3) is 0.222. The van der Waals surface area contributed by atoms with Crippen LogP contribution in [0.15, 0.2) is 53.0 Å². The molecule has 24 heavy (non-hydrogen) atoms. The van der Waals surface area contributed by atoms with Crippen LogP contribution in [0.25, 0.3) is 0 Å². The highest BCUT2D eigenvalue weighted by molar-refractivity contribution is 9.10. The first-order chi connectivity index (χ1) is 11.3. The molecule has 0 radical (unpaired) electrons. The van der Waals surface area contributed by atoms with Gasteiger partial charge >= 0.3 is 0 Å². The minimum Gasteiger partial charge on any atom is -0.497 e. The number of rotatable bonds is 5. The standard InChI is InChI=1S/C18H19BrN2O3/c1-18(2,16(22)20-13-7-4-6-12(19)10-13)17(23)21-14-8-5-9-15(11-14)24-3/h4-11H,1-3H3,(H,20,22)(H,21,23). The van der Waals surface area contributed by atoms with Gasteiger partial charge in [0, 0.05) is 21.9 Å². The second kappa shape index (κ2) is 7.49. The normalized spacial score (nSPS) is 10.8. The van der Waals surface area contributed by atoms with E-state index in [2.05, 4.69) is 26.6 Å². The van der Waals surface area contributed by atoms with Crippen LogP contribution in [-0.2, 0) is 9.59 Å². The van der Waals surface area contributed by atoms with Gasteiger partial charge in [-0.2, -0.15) is 0 Å². The van der Waals surface area contributed by atoms with E-state index in [-0.39, 0.29) is 5.91 Å². The van der Waals surface area contributed by atoms with Gasteiger partial charge in [-0.25, -0.2) is 0 Å². The van der Waals surface area contributed by atoms with Crippen molar-refractivity contribution in [2.75, 3.05) is 17.7 Å². The molecule has 0 spiro atoms. The van der Waals surface area contributed by atoms with E-state index in [0.29, 0.717) is 17.1 Å². The van der Waals surface area contributed by atoms with Crippen molar-refractivity contribution in [3.05, 3.63) is 53.0 Å². The van der Waals surface area contributed by atoms with E-state index in [1.165, 1.54) is 0 Å². The van der Waals surface area contributed by atoms with Gasteiger partial charge in [0.2, 0.25) is 11.8 Å². The molecule has 0 saturated carbocycles. The summed E-state index contributed by atoms with van der Waals surface area (Å²) in [6.07, 6.45) is 0. The Balaban J connectivity index is 2.09. The zero-order valence-electron chi connectivity index (χ0n) is 13.7. The predicted octanol–water partition coefficient (Wildman–Crippen LogP) is 4.06. The van der Waals surface area contributed by atoms with Crippen LogP contribution in [0.4, 0.5) is 11.4 Å². The quantitative estimate of drug-likeness (QED) is 0.756. The van der Waals surface area contributed by atoms with Crippen molar-refractivity contribution in [1.82, 2.24) is 0 Å². The highest BCUT2D eigenvalue weighted by Crippen LogP contribution is 2.24. The summed E-state index contributed by atoms with van der Waals surface area (Å²) in [7, 11) is 1.55. The maximum absolute atomic E-state index is 12.5. The highest BCUT2D eigenvalue weighted by Gasteiger charge is 2.36. The van der Waals surface area contributed by atoms with Crippen LogP contribution in [0, 0.1) is 5.41 Å². The Kier molecular flexibility index (Phi) is 5.62. The molecule has 0 unspecified atom stereocenters. The Bertz CT molecular complexity index is 759. The zero-order chi connectivity index (χ0) is 17.7. The third-order valence-electron chi connectivity index (χ3n) is 3.55. The number of carbonyl (C=O) groups is 2. The average Bonchev–Trinajstić information content (AvgIpc) is 2.54. The first-order valence-corrected chi connectivity index (χ1v) is 8.15. The van der Waals surface area contributed by atoms with Gasteiger partial charge in [-0.15, -0.1) is 0 Å². The van der Waals surface area contributed by atoms with Gasteiger partial charge in [0.15, 0.2) is 0 Å². The average molecular weight is 391 g/mol. The molecule has 0 saturated heterocycles. The molecule has 2 aromatic carbocycles. The summed E-state index contributed by atoms with van der Waals surface area (Å²) in [5.74, 6) is -0.159. The number of anilines is 2. The monoisotopic (exact) mass is 390 g/mol. The molecule has 0 aliphatic carbocycles. The molecule has 126 valence electrons. The molecule has 0 atom stereocenters. The zero-order valence-corrected chi connectivity index (χ0v) is 15.3. The minimum atomic E-state index is -1.24. The summed E-state index contributed by atoms with van der Waals surface area (Å²) in [6.45, 7) is 3.16. The SMILES string of the molecule is COc1cccc(NC(=O)C(C)(C)C(=O)Nc2cccc(Br)c2)c1. The van der Waals surface area contributed by atoms with Gasteiger partial charge in [0.05, 0.1) is 7.11 Å². The maximum atomic E-state index is 12.5. The van der Waals surface area contributed by atoms with Crippen LogP contribution in [0.3, 0.4) is 0 Å². The highest BCUT2D eigenvalue weighted by atomic mass is 79.9. The van der Waals surface area contributed by atoms with Crippen molar-refractivity contribution in [1.29, 1.82) is 0 Å². The Hall–Kier alpha value is -2.34. The fourth-order valence-corrected chi connectivity index (χ4v) is 2.34. The second-order valence-corrected chi connectivity index (χ2v) is 6.69. The number of ether oxygens (including phenoxy) is 1. The van der Waals surface area contributed by atoms with Crippen LogP contribution in [-0.4, -0.2) is 18.9 Å². The van der Waals surface area contributed by atoms with Crippen LogP contribution >= 0.6 is 15.9 Å². The summed E-state index contributed by atoms with van der Waals surface area (Å²) in [4.78, 5) is 25.0. The molecule has 5 nitrogen and oxygen atoms in total. The number of methoxy groups -OCH3 is 1. The third-order valence-corrected chi connectivity index (χ3v) is 4.04. The van der Waals surface area contributed by atoms with Crippen molar-refractivity contribution in [3.63, 3.8) is 0 Å². The van der Waals surface area contributed by atoms with Crippen molar-refractivity contribution >= 4 is 39.1 Å². The van der Waals surface area contributed by atoms with Crippen molar-refractivity contribution in [2.45, 2.75) is 13.8 Å². The molecule has 2 amide bonds. The summed E-state index contributed by atoms with van der Waals surface area (Å²) in [5.41, 5.74) is -0.0508. The Labute approximate surface area is 149 Å². The molecule has 6 heteroatoms. The number of carbonyl (C=O) groups excluding carboxylic acids is 2.